The molecule has 1 aromatic carbocycles. The van der Waals surface area contributed by atoms with Crippen molar-refractivity contribution in [3.63, 3.8) is 0 Å². The van der Waals surface area contributed by atoms with Crippen LogP contribution in [0.4, 0.5) is 0 Å². The van der Waals surface area contributed by atoms with Crippen LogP contribution in [0.15, 0.2) is 41.4 Å². The summed E-state index contributed by atoms with van der Waals surface area (Å²) in [5.41, 5.74) is 2.53. The van der Waals surface area contributed by atoms with Crippen molar-refractivity contribution < 1.29 is 0 Å². The largest absolute Gasteiger partial charge is 0.237 e. The van der Waals surface area contributed by atoms with Gasteiger partial charge in [0, 0.05) is 17.1 Å². The van der Waals surface area contributed by atoms with Gasteiger partial charge < -0.3 is 0 Å². The molecule has 1 aliphatic rings. The molecule has 0 N–H and O–H groups in total. The third kappa shape index (κ3) is 1.16. The molecule has 2 heterocycles. The molecule has 2 nitrogen and oxygen atoms in total. The minimum atomic E-state index is 1.13. The number of benzene rings is 1. The van der Waals surface area contributed by atoms with Crippen molar-refractivity contribution in [1.82, 2.24) is 9.78 Å². The van der Waals surface area contributed by atoms with Crippen LogP contribution in [0.1, 0.15) is 5.69 Å². The Bertz CT molecular complexity index is 448. The van der Waals surface area contributed by atoms with Crippen LogP contribution in [0, 0.1) is 0 Å². The molecule has 3 heteroatoms. The zero-order chi connectivity index (χ0) is 9.38. The first-order valence-corrected chi connectivity index (χ1v) is 5.69. The van der Waals surface area contributed by atoms with Gasteiger partial charge in [-0.25, -0.2) is 4.68 Å². The number of hydrogen-bond donors (Lipinski definition) is 0. The van der Waals surface area contributed by atoms with E-state index < -0.39 is 0 Å². The molecule has 0 amide bonds. The summed E-state index contributed by atoms with van der Waals surface area (Å²) < 4.78 is 2.05. The molecule has 1 aromatic heterocycles. The summed E-state index contributed by atoms with van der Waals surface area (Å²) in [6, 6.07) is 10.3. The molecule has 0 saturated carbocycles. The molecule has 14 heavy (non-hydrogen) atoms. The number of nitrogens with zero attached hydrogens (tertiary/aromatic N) is 2. The lowest BCUT2D eigenvalue weighted by molar-refractivity contribution is 0.816. The Labute approximate surface area is 86.9 Å². The van der Waals surface area contributed by atoms with Gasteiger partial charge in [0.25, 0.3) is 0 Å². The predicted octanol–water partition coefficient (Wildman–Crippen LogP) is 2.52. The van der Waals surface area contributed by atoms with Crippen molar-refractivity contribution in [2.45, 2.75) is 11.3 Å². The van der Waals surface area contributed by atoms with E-state index in [-0.39, 0.29) is 0 Å². The molecule has 0 radical (unpaired) electrons. The highest BCUT2D eigenvalue weighted by Crippen LogP contribution is 2.31. The van der Waals surface area contributed by atoms with Gasteiger partial charge in [-0.05, 0) is 12.1 Å². The monoisotopic (exact) mass is 202 g/mol. The summed E-state index contributed by atoms with van der Waals surface area (Å²) in [4.78, 5) is 1.34. The Morgan fingerprint density at radius 1 is 1.21 bits per heavy atom. The van der Waals surface area contributed by atoms with Crippen molar-refractivity contribution >= 4 is 11.8 Å². The number of fused-ring (bicyclic) bond motifs is 1. The van der Waals surface area contributed by atoms with Crippen LogP contribution in [0.5, 0.6) is 0 Å². The minimum Gasteiger partial charge on any atom is -0.237 e. The van der Waals surface area contributed by atoms with Gasteiger partial charge in [0.1, 0.15) is 0 Å². The van der Waals surface area contributed by atoms with Crippen LogP contribution in [0.2, 0.25) is 0 Å². The van der Waals surface area contributed by atoms with Crippen molar-refractivity contribution in [3.05, 3.63) is 42.2 Å². The number of hydrogen-bond acceptors (Lipinski definition) is 2. The number of aromatic nitrogens is 2. The van der Waals surface area contributed by atoms with Gasteiger partial charge in [-0.1, -0.05) is 18.2 Å². The molecule has 0 bridgehead atoms. The second-order valence-corrected chi connectivity index (χ2v) is 4.44. The van der Waals surface area contributed by atoms with Gasteiger partial charge in [0.2, 0.25) is 0 Å². The zero-order valence-electron chi connectivity index (χ0n) is 7.68. The normalized spacial score (nSPS) is 14.3. The SMILES string of the molecule is c1ccc(-n2ncc3c2CCS3)cc1. The third-order valence-electron chi connectivity index (χ3n) is 2.43. The minimum absolute atomic E-state index is 1.13. The van der Waals surface area contributed by atoms with Gasteiger partial charge in [0.05, 0.1) is 17.6 Å². The van der Waals surface area contributed by atoms with E-state index in [1.807, 2.05) is 36.2 Å². The lowest BCUT2D eigenvalue weighted by Crippen LogP contribution is -2.00. The maximum atomic E-state index is 4.40. The average molecular weight is 202 g/mol. The highest BCUT2D eigenvalue weighted by molar-refractivity contribution is 7.99. The average Bonchev–Trinajstić information content (AvgIpc) is 2.79. The van der Waals surface area contributed by atoms with E-state index >= 15 is 0 Å². The molecule has 1 aliphatic heterocycles. The number of thioether (sulfide) groups is 1. The van der Waals surface area contributed by atoms with E-state index in [0.717, 1.165) is 12.1 Å². The van der Waals surface area contributed by atoms with E-state index in [1.54, 1.807) is 0 Å². The quantitative estimate of drug-likeness (QED) is 0.707. The lowest BCUT2D eigenvalue weighted by atomic mass is 10.3. The third-order valence-corrected chi connectivity index (χ3v) is 3.49. The Hall–Kier alpha value is -1.22. The van der Waals surface area contributed by atoms with E-state index in [9.17, 15) is 0 Å². The Morgan fingerprint density at radius 2 is 2.07 bits per heavy atom. The first-order chi connectivity index (χ1) is 6.95. The molecule has 0 spiro atoms. The van der Waals surface area contributed by atoms with Gasteiger partial charge in [-0.3, -0.25) is 0 Å². The van der Waals surface area contributed by atoms with E-state index in [0.29, 0.717) is 0 Å². The van der Waals surface area contributed by atoms with Gasteiger partial charge in [-0.15, -0.1) is 11.8 Å². The van der Waals surface area contributed by atoms with Crippen LogP contribution >= 0.6 is 11.8 Å². The summed E-state index contributed by atoms with van der Waals surface area (Å²) in [6.07, 6.45) is 3.11. The van der Waals surface area contributed by atoms with Gasteiger partial charge >= 0.3 is 0 Å². The second kappa shape index (κ2) is 3.17. The standard InChI is InChI=1S/C11H10N2S/c1-2-4-9(5-3-1)13-10-6-7-14-11(10)8-12-13/h1-5,8H,6-7H2. The fraction of sp³-hybridized carbons (Fsp3) is 0.182. The van der Waals surface area contributed by atoms with Crippen molar-refractivity contribution in [2.24, 2.45) is 0 Å². The van der Waals surface area contributed by atoms with Gasteiger partial charge in [0.15, 0.2) is 0 Å². The molecule has 0 saturated heterocycles. The number of rotatable bonds is 1. The topological polar surface area (TPSA) is 17.8 Å². The predicted molar refractivity (Wildman–Crippen MR) is 58.0 cm³/mol. The van der Waals surface area contributed by atoms with E-state index in [2.05, 4.69) is 21.9 Å². The summed E-state index contributed by atoms with van der Waals surface area (Å²) in [5, 5.41) is 4.40. The molecular formula is C11H10N2S. The summed E-state index contributed by atoms with van der Waals surface area (Å²) in [5.74, 6) is 1.19. The first-order valence-electron chi connectivity index (χ1n) is 4.70. The molecule has 3 rings (SSSR count). The highest BCUT2D eigenvalue weighted by Gasteiger charge is 2.17. The molecule has 0 unspecified atom stereocenters. The first kappa shape index (κ1) is 8.12. The van der Waals surface area contributed by atoms with E-state index in [1.165, 1.54) is 16.3 Å². The fourth-order valence-corrected chi connectivity index (χ4v) is 2.75. The Morgan fingerprint density at radius 3 is 2.93 bits per heavy atom. The smallest absolute Gasteiger partial charge is 0.0649 e. The molecule has 2 aromatic rings. The van der Waals surface area contributed by atoms with E-state index in [4.69, 9.17) is 0 Å². The van der Waals surface area contributed by atoms with Crippen LogP contribution in [0.3, 0.4) is 0 Å². The molecular weight excluding hydrogens is 192 g/mol. The van der Waals surface area contributed by atoms with Gasteiger partial charge in [-0.2, -0.15) is 5.10 Å². The highest BCUT2D eigenvalue weighted by atomic mass is 32.2. The van der Waals surface area contributed by atoms with Crippen LogP contribution < -0.4 is 0 Å². The molecule has 0 atom stereocenters. The summed E-state index contributed by atoms with van der Waals surface area (Å²) in [6.45, 7) is 0. The van der Waals surface area contributed by atoms with Crippen molar-refractivity contribution in [2.75, 3.05) is 5.75 Å². The summed E-state index contributed by atoms with van der Waals surface area (Å²) >= 11 is 1.90. The lowest BCUT2D eigenvalue weighted by Gasteiger charge is -2.03. The van der Waals surface area contributed by atoms with Crippen LogP contribution in [-0.2, 0) is 6.42 Å². The summed E-state index contributed by atoms with van der Waals surface area (Å²) in [7, 11) is 0. The van der Waals surface area contributed by atoms with Crippen molar-refractivity contribution in [3.8, 4) is 5.69 Å². The molecule has 0 aliphatic carbocycles. The maximum absolute atomic E-state index is 4.40. The Kier molecular flexibility index (Phi) is 1.84. The molecule has 0 fully saturated rings. The molecule has 70 valence electrons. The van der Waals surface area contributed by atoms with Crippen LogP contribution in [-0.4, -0.2) is 15.5 Å². The second-order valence-electron chi connectivity index (χ2n) is 3.30. The van der Waals surface area contributed by atoms with Crippen LogP contribution in [0.25, 0.3) is 5.69 Å². The fourth-order valence-electron chi connectivity index (χ4n) is 1.76. The van der Waals surface area contributed by atoms with Crippen molar-refractivity contribution in [1.29, 1.82) is 0 Å². The zero-order valence-corrected chi connectivity index (χ0v) is 8.50. The maximum Gasteiger partial charge on any atom is 0.0649 e. The number of para-hydroxylation sites is 1. The Balaban J connectivity index is 2.13.